The predicted octanol–water partition coefficient (Wildman–Crippen LogP) is 9.25. The van der Waals surface area contributed by atoms with E-state index in [2.05, 4.69) is 5.32 Å². The Kier molecular flexibility index (Phi) is 9.73. The summed E-state index contributed by atoms with van der Waals surface area (Å²) in [6, 6.07) is 30.8. The van der Waals surface area contributed by atoms with Crippen LogP contribution in [0.15, 0.2) is 115 Å². The number of benzene rings is 5. The minimum atomic E-state index is -1.94. The zero-order chi connectivity index (χ0) is 39.3. The Labute approximate surface area is 323 Å². The molecule has 0 radical (unpaired) electrons. The SMILES string of the molecule is Cc1nc2cccc(F)c2cc1C(C(N)=O)(C(C(=O)NCc1ccccc1F)C1CCc2ccccc21)C1c2ccc(F)cc2C(Cc2ccccc2F)C1C. The van der Waals surface area contributed by atoms with E-state index in [0.29, 0.717) is 40.7 Å². The number of halogens is 4. The number of pyridine rings is 1. The number of nitrogens with one attached hydrogen (secondary N) is 1. The molecule has 0 saturated carbocycles. The third-order valence-corrected chi connectivity index (χ3v) is 12.4. The van der Waals surface area contributed by atoms with E-state index in [-0.39, 0.29) is 29.5 Å². The van der Waals surface area contributed by atoms with Gasteiger partial charge in [0.2, 0.25) is 11.8 Å². The molecule has 8 rings (SSSR count). The van der Waals surface area contributed by atoms with Crippen LogP contribution in [0.3, 0.4) is 0 Å². The number of primary amides is 1. The van der Waals surface area contributed by atoms with Crippen LogP contribution in [0.5, 0.6) is 0 Å². The van der Waals surface area contributed by atoms with E-state index in [4.69, 9.17) is 10.7 Å². The summed E-state index contributed by atoms with van der Waals surface area (Å²) in [5, 5.41) is 3.13. The molecule has 0 saturated heterocycles. The van der Waals surface area contributed by atoms with Crippen LogP contribution in [0.25, 0.3) is 10.9 Å². The third-order valence-electron chi connectivity index (χ3n) is 12.4. The predicted molar refractivity (Wildman–Crippen MR) is 208 cm³/mol. The Balaban J connectivity index is 1.42. The van der Waals surface area contributed by atoms with Crippen molar-refractivity contribution in [1.82, 2.24) is 10.3 Å². The maximum absolute atomic E-state index is 15.8. The van der Waals surface area contributed by atoms with Gasteiger partial charge in [-0.05, 0) is 120 Å². The van der Waals surface area contributed by atoms with Gasteiger partial charge in [-0.25, -0.2) is 17.6 Å². The Morgan fingerprint density at radius 1 is 0.804 bits per heavy atom. The lowest BCUT2D eigenvalue weighted by Gasteiger charge is -2.47. The Morgan fingerprint density at radius 3 is 2.21 bits per heavy atom. The molecule has 3 N–H and O–H groups in total. The van der Waals surface area contributed by atoms with Gasteiger partial charge < -0.3 is 11.1 Å². The fourth-order valence-corrected chi connectivity index (χ4v) is 10.0. The number of nitrogens with two attached hydrogens (primary N) is 1. The van der Waals surface area contributed by atoms with Gasteiger partial charge in [-0.2, -0.15) is 0 Å². The third kappa shape index (κ3) is 6.14. The molecular weight excluding hydrogens is 715 g/mol. The van der Waals surface area contributed by atoms with Gasteiger partial charge in [0.1, 0.15) is 23.3 Å². The Hall–Kier alpha value is -5.83. The Morgan fingerprint density at radius 2 is 1.48 bits per heavy atom. The number of aromatic nitrogens is 1. The van der Waals surface area contributed by atoms with E-state index >= 15 is 27.2 Å². The molecule has 6 unspecified atom stereocenters. The highest BCUT2D eigenvalue weighted by Crippen LogP contribution is 2.62. The maximum atomic E-state index is 15.8. The van der Waals surface area contributed by atoms with E-state index in [1.165, 1.54) is 30.3 Å². The summed E-state index contributed by atoms with van der Waals surface area (Å²) in [5.74, 6) is -7.13. The molecule has 0 spiro atoms. The van der Waals surface area contributed by atoms with Crippen LogP contribution in [0.2, 0.25) is 0 Å². The molecule has 0 fully saturated rings. The lowest BCUT2D eigenvalue weighted by atomic mass is 9.53. The van der Waals surface area contributed by atoms with Crippen LogP contribution in [-0.4, -0.2) is 16.8 Å². The van der Waals surface area contributed by atoms with Crippen LogP contribution in [0.1, 0.15) is 75.7 Å². The second-order valence-electron chi connectivity index (χ2n) is 15.3. The first-order valence-electron chi connectivity index (χ1n) is 19.0. The van der Waals surface area contributed by atoms with Gasteiger partial charge in [0, 0.05) is 29.1 Å². The first kappa shape index (κ1) is 37.1. The standard InChI is InChI=1S/C47H41F4N3O2/c1-26-35(22-29-11-4-7-14-39(29)49)36-23-31(48)19-21-34(36)43(26)47(46(52)56,38-24-37-41(51)16-9-17-42(37)54-27(38)2)44(33-20-18-28-10-3-6-13-32(28)33)45(55)53-25-30-12-5-8-15-40(30)50/h3-17,19,21,23-24,26,33,35,43-44H,18,20,22,25H2,1-2H3,(H2,52,56)(H,53,55). The molecule has 1 aromatic heterocycles. The summed E-state index contributed by atoms with van der Waals surface area (Å²) in [4.78, 5) is 35.4. The molecule has 56 heavy (non-hydrogen) atoms. The van der Waals surface area contributed by atoms with Crippen molar-refractivity contribution in [3.63, 3.8) is 0 Å². The molecule has 0 bridgehead atoms. The zero-order valence-electron chi connectivity index (χ0n) is 31.0. The van der Waals surface area contributed by atoms with Crippen molar-refractivity contribution in [2.45, 2.75) is 62.8 Å². The summed E-state index contributed by atoms with van der Waals surface area (Å²) in [7, 11) is 0. The first-order chi connectivity index (χ1) is 27.0. The topological polar surface area (TPSA) is 85.1 Å². The summed E-state index contributed by atoms with van der Waals surface area (Å²) >= 11 is 0. The van der Waals surface area contributed by atoms with Gasteiger partial charge in [-0.3, -0.25) is 14.6 Å². The van der Waals surface area contributed by atoms with E-state index in [1.54, 1.807) is 67.6 Å². The molecule has 5 aromatic carbocycles. The second-order valence-corrected chi connectivity index (χ2v) is 15.3. The lowest BCUT2D eigenvalue weighted by molar-refractivity contribution is -0.138. The molecule has 284 valence electrons. The number of amides is 2. The normalized spacial score (nSPS) is 20.2. The van der Waals surface area contributed by atoms with E-state index in [0.717, 1.165) is 11.1 Å². The molecule has 9 heteroatoms. The molecular formula is C47H41F4N3O2. The van der Waals surface area contributed by atoms with Crippen molar-refractivity contribution in [2.24, 2.45) is 17.6 Å². The maximum Gasteiger partial charge on any atom is 0.229 e. The highest BCUT2D eigenvalue weighted by Gasteiger charge is 2.63. The van der Waals surface area contributed by atoms with Gasteiger partial charge in [-0.15, -0.1) is 0 Å². The minimum absolute atomic E-state index is 0.143. The van der Waals surface area contributed by atoms with Crippen LogP contribution in [0, 0.1) is 42.0 Å². The van der Waals surface area contributed by atoms with E-state index < -0.39 is 70.1 Å². The number of carbonyl (C=O) groups excluding carboxylic acids is 2. The molecule has 2 amide bonds. The summed E-state index contributed by atoms with van der Waals surface area (Å²) in [6.07, 6.45) is 1.28. The molecule has 6 atom stereocenters. The van der Waals surface area contributed by atoms with Crippen molar-refractivity contribution in [3.8, 4) is 0 Å². The van der Waals surface area contributed by atoms with Crippen molar-refractivity contribution >= 4 is 22.7 Å². The number of hydrogen-bond acceptors (Lipinski definition) is 3. The van der Waals surface area contributed by atoms with Crippen molar-refractivity contribution in [2.75, 3.05) is 0 Å². The highest BCUT2D eigenvalue weighted by molar-refractivity contribution is 5.98. The average Bonchev–Trinajstić information content (AvgIpc) is 3.72. The van der Waals surface area contributed by atoms with Crippen LogP contribution in [0.4, 0.5) is 17.6 Å². The van der Waals surface area contributed by atoms with Gasteiger partial charge in [0.25, 0.3) is 0 Å². The Bertz CT molecular complexity index is 2500. The van der Waals surface area contributed by atoms with Crippen LogP contribution < -0.4 is 11.1 Å². The minimum Gasteiger partial charge on any atom is -0.369 e. The largest absolute Gasteiger partial charge is 0.369 e. The molecule has 2 aliphatic carbocycles. The number of fused-ring (bicyclic) bond motifs is 3. The number of hydrogen-bond donors (Lipinski definition) is 2. The number of nitrogens with zero attached hydrogens (tertiary/aromatic N) is 1. The molecule has 6 aromatic rings. The average molecular weight is 756 g/mol. The van der Waals surface area contributed by atoms with Crippen molar-refractivity contribution < 1.29 is 27.2 Å². The molecule has 0 aliphatic heterocycles. The monoisotopic (exact) mass is 755 g/mol. The fraction of sp³-hybridized carbons (Fsp3) is 0.255. The van der Waals surface area contributed by atoms with Gasteiger partial charge in [-0.1, -0.05) is 79.7 Å². The lowest BCUT2D eigenvalue weighted by Crippen LogP contribution is -2.59. The van der Waals surface area contributed by atoms with Gasteiger partial charge >= 0.3 is 0 Å². The van der Waals surface area contributed by atoms with Crippen molar-refractivity contribution in [1.29, 1.82) is 0 Å². The van der Waals surface area contributed by atoms with Crippen LogP contribution in [-0.2, 0) is 34.4 Å². The fourth-order valence-electron chi connectivity index (χ4n) is 10.0. The van der Waals surface area contributed by atoms with Gasteiger partial charge in [0.05, 0.1) is 16.8 Å². The molecule has 5 nitrogen and oxygen atoms in total. The van der Waals surface area contributed by atoms with E-state index in [9.17, 15) is 0 Å². The van der Waals surface area contributed by atoms with Crippen molar-refractivity contribution in [3.05, 3.63) is 183 Å². The number of rotatable bonds is 10. The quantitative estimate of drug-likeness (QED) is 0.137. The smallest absolute Gasteiger partial charge is 0.229 e. The summed E-state index contributed by atoms with van der Waals surface area (Å²) < 4.78 is 61.5. The number of aryl methyl sites for hydroxylation is 2. The second kappa shape index (κ2) is 14.7. The van der Waals surface area contributed by atoms with E-state index in [1.807, 2.05) is 31.2 Å². The first-order valence-corrected chi connectivity index (χ1v) is 19.0. The highest BCUT2D eigenvalue weighted by atomic mass is 19.1. The summed E-state index contributed by atoms with van der Waals surface area (Å²) in [6.45, 7) is 3.47. The zero-order valence-corrected chi connectivity index (χ0v) is 31.0. The number of carbonyl (C=O) groups is 2. The summed E-state index contributed by atoms with van der Waals surface area (Å²) in [5.41, 5.74) is 9.61. The van der Waals surface area contributed by atoms with Crippen LogP contribution >= 0.6 is 0 Å². The molecule has 1 heterocycles. The van der Waals surface area contributed by atoms with Gasteiger partial charge in [0.15, 0.2) is 0 Å². The molecule has 2 aliphatic rings.